The van der Waals surface area contributed by atoms with Gasteiger partial charge in [0.1, 0.15) is 5.82 Å². The average molecular weight is 304 g/mol. The van der Waals surface area contributed by atoms with Crippen LogP contribution in [0.4, 0.5) is 4.39 Å². The summed E-state index contributed by atoms with van der Waals surface area (Å²) < 4.78 is 24.0. The Bertz CT molecular complexity index is 614. The molecule has 0 spiro atoms. The van der Waals surface area contributed by atoms with Gasteiger partial charge in [0, 0.05) is 6.42 Å². The third-order valence-electron chi connectivity index (χ3n) is 3.05. The van der Waals surface area contributed by atoms with Crippen molar-refractivity contribution in [3.8, 4) is 11.5 Å². The number of ether oxygens (including phenoxy) is 2. The van der Waals surface area contributed by atoms with E-state index < -0.39 is 17.1 Å². The molecule has 22 heavy (non-hydrogen) atoms. The van der Waals surface area contributed by atoms with E-state index in [0.29, 0.717) is 26.2 Å². The van der Waals surface area contributed by atoms with E-state index in [9.17, 15) is 14.3 Å². The third-order valence-corrected chi connectivity index (χ3v) is 3.05. The van der Waals surface area contributed by atoms with Gasteiger partial charge in [-0.25, -0.2) is 4.39 Å². The zero-order valence-electron chi connectivity index (χ0n) is 12.0. The highest BCUT2D eigenvalue weighted by Crippen LogP contribution is 2.30. The van der Waals surface area contributed by atoms with Gasteiger partial charge < -0.3 is 14.6 Å². The molecule has 4 nitrogen and oxygen atoms in total. The number of benzene rings is 2. The van der Waals surface area contributed by atoms with Gasteiger partial charge in [-0.1, -0.05) is 30.3 Å². The Hall–Kier alpha value is -2.40. The lowest BCUT2D eigenvalue weighted by Gasteiger charge is -2.10. The van der Waals surface area contributed by atoms with Crippen molar-refractivity contribution < 1.29 is 23.8 Å². The maximum Gasteiger partial charge on any atom is 0.171 e. The molecule has 2 aromatic carbocycles. The monoisotopic (exact) mass is 304 g/mol. The van der Waals surface area contributed by atoms with Crippen LogP contribution in [0.5, 0.6) is 11.5 Å². The van der Waals surface area contributed by atoms with Crippen LogP contribution in [-0.2, 0) is 11.3 Å². The average Bonchev–Trinajstić information content (AvgIpc) is 2.54. The molecule has 0 amide bonds. The van der Waals surface area contributed by atoms with Gasteiger partial charge in [-0.05, 0) is 17.7 Å². The van der Waals surface area contributed by atoms with Crippen LogP contribution in [-0.4, -0.2) is 24.6 Å². The second kappa shape index (κ2) is 8.14. The second-order valence-electron chi connectivity index (χ2n) is 4.67. The fourth-order valence-corrected chi connectivity index (χ4v) is 1.90. The Morgan fingerprint density at radius 2 is 1.86 bits per heavy atom. The first-order chi connectivity index (χ1) is 10.7. The van der Waals surface area contributed by atoms with Crippen LogP contribution in [0.1, 0.15) is 22.3 Å². The molecule has 0 heterocycles. The number of aromatic hydroxyl groups is 1. The minimum Gasteiger partial charge on any atom is -0.504 e. The number of hydrogen-bond acceptors (Lipinski definition) is 4. The van der Waals surface area contributed by atoms with E-state index in [1.807, 2.05) is 30.3 Å². The first-order valence-electron chi connectivity index (χ1n) is 6.93. The summed E-state index contributed by atoms with van der Waals surface area (Å²) in [5.41, 5.74) is 0.702. The van der Waals surface area contributed by atoms with Crippen LogP contribution >= 0.6 is 0 Å². The summed E-state index contributed by atoms with van der Waals surface area (Å²) >= 11 is 0. The molecular formula is C17H17FO4. The predicted molar refractivity (Wildman–Crippen MR) is 79.7 cm³/mol. The van der Waals surface area contributed by atoms with Gasteiger partial charge in [0.05, 0.1) is 25.4 Å². The lowest BCUT2D eigenvalue weighted by Crippen LogP contribution is -2.04. The fourth-order valence-electron chi connectivity index (χ4n) is 1.90. The number of aldehydes is 1. The zero-order valence-corrected chi connectivity index (χ0v) is 12.0. The van der Waals surface area contributed by atoms with Crippen molar-refractivity contribution in [1.82, 2.24) is 0 Å². The molecule has 0 aromatic heterocycles. The van der Waals surface area contributed by atoms with Gasteiger partial charge in [-0.2, -0.15) is 0 Å². The fraction of sp³-hybridized carbons (Fsp3) is 0.235. The van der Waals surface area contributed by atoms with Gasteiger partial charge in [0.25, 0.3) is 0 Å². The first-order valence-corrected chi connectivity index (χ1v) is 6.93. The number of halogens is 1. The summed E-state index contributed by atoms with van der Waals surface area (Å²) in [6.07, 6.45) is 0.876. The van der Waals surface area contributed by atoms with Crippen molar-refractivity contribution in [3.63, 3.8) is 0 Å². The number of hydrogen-bond donors (Lipinski definition) is 1. The standard InChI is InChI=1S/C17H17FO4/c18-15-7-8-16(17(20)14(15)11-19)22-10-4-9-21-12-13-5-2-1-3-6-13/h1-3,5-8,11,20H,4,9-10,12H2. The second-order valence-corrected chi connectivity index (χ2v) is 4.67. The minimum absolute atomic E-state index is 0.0894. The van der Waals surface area contributed by atoms with E-state index in [1.165, 1.54) is 6.07 Å². The Kier molecular flexibility index (Phi) is 5.91. The van der Waals surface area contributed by atoms with Crippen LogP contribution in [0, 0.1) is 5.82 Å². The number of rotatable bonds is 8. The molecule has 0 fully saturated rings. The topological polar surface area (TPSA) is 55.8 Å². The third kappa shape index (κ3) is 4.30. The van der Waals surface area contributed by atoms with E-state index in [1.54, 1.807) is 0 Å². The quantitative estimate of drug-likeness (QED) is 0.600. The zero-order chi connectivity index (χ0) is 15.8. The van der Waals surface area contributed by atoms with Crippen LogP contribution in [0.2, 0.25) is 0 Å². The van der Waals surface area contributed by atoms with E-state index in [4.69, 9.17) is 9.47 Å². The van der Waals surface area contributed by atoms with E-state index >= 15 is 0 Å². The number of carbonyl (C=O) groups is 1. The number of phenolic OH excluding ortho intramolecular Hbond substituents is 1. The molecule has 0 aliphatic heterocycles. The highest BCUT2D eigenvalue weighted by atomic mass is 19.1. The highest BCUT2D eigenvalue weighted by molar-refractivity contribution is 5.81. The largest absolute Gasteiger partial charge is 0.504 e. The Balaban J connectivity index is 1.72. The van der Waals surface area contributed by atoms with Crippen molar-refractivity contribution in [2.24, 2.45) is 0 Å². The molecule has 116 valence electrons. The molecule has 0 saturated carbocycles. The van der Waals surface area contributed by atoms with Crippen molar-refractivity contribution in [2.45, 2.75) is 13.0 Å². The van der Waals surface area contributed by atoms with Crippen molar-refractivity contribution in [3.05, 3.63) is 59.4 Å². The molecule has 2 aromatic rings. The number of carbonyl (C=O) groups excluding carboxylic acids is 1. The van der Waals surface area contributed by atoms with E-state index in [-0.39, 0.29) is 12.0 Å². The summed E-state index contributed by atoms with van der Waals surface area (Å²) in [6.45, 7) is 1.32. The SMILES string of the molecule is O=Cc1c(F)ccc(OCCCOCc2ccccc2)c1O. The summed E-state index contributed by atoms with van der Waals surface area (Å²) in [6, 6.07) is 12.2. The number of phenols is 1. The van der Waals surface area contributed by atoms with Crippen LogP contribution in [0.3, 0.4) is 0 Å². The van der Waals surface area contributed by atoms with Crippen LogP contribution in [0.25, 0.3) is 0 Å². The van der Waals surface area contributed by atoms with Gasteiger partial charge in [-0.15, -0.1) is 0 Å². The first kappa shape index (κ1) is 16.0. The molecule has 0 aliphatic carbocycles. The summed E-state index contributed by atoms with van der Waals surface area (Å²) in [5, 5.41) is 9.69. The Morgan fingerprint density at radius 3 is 2.59 bits per heavy atom. The van der Waals surface area contributed by atoms with Gasteiger partial charge in [-0.3, -0.25) is 4.79 Å². The summed E-state index contributed by atoms with van der Waals surface area (Å²) in [7, 11) is 0. The van der Waals surface area contributed by atoms with Crippen LogP contribution < -0.4 is 4.74 Å². The normalized spacial score (nSPS) is 10.4. The van der Waals surface area contributed by atoms with E-state index in [2.05, 4.69) is 0 Å². The lowest BCUT2D eigenvalue weighted by atomic mass is 10.2. The molecule has 0 bridgehead atoms. The maximum absolute atomic E-state index is 13.2. The maximum atomic E-state index is 13.2. The van der Waals surface area contributed by atoms with Gasteiger partial charge >= 0.3 is 0 Å². The predicted octanol–water partition coefficient (Wildman–Crippen LogP) is 3.33. The molecule has 0 saturated heterocycles. The van der Waals surface area contributed by atoms with Gasteiger partial charge in [0.15, 0.2) is 17.8 Å². The van der Waals surface area contributed by atoms with Crippen molar-refractivity contribution >= 4 is 6.29 Å². The van der Waals surface area contributed by atoms with Crippen LogP contribution in [0.15, 0.2) is 42.5 Å². The van der Waals surface area contributed by atoms with E-state index in [0.717, 1.165) is 11.6 Å². The minimum atomic E-state index is -0.772. The molecule has 5 heteroatoms. The molecular weight excluding hydrogens is 287 g/mol. The van der Waals surface area contributed by atoms with Crippen molar-refractivity contribution in [2.75, 3.05) is 13.2 Å². The Morgan fingerprint density at radius 1 is 1.09 bits per heavy atom. The molecule has 2 rings (SSSR count). The molecule has 0 atom stereocenters. The molecule has 0 unspecified atom stereocenters. The molecule has 0 radical (unpaired) electrons. The highest BCUT2D eigenvalue weighted by Gasteiger charge is 2.12. The molecule has 0 aliphatic rings. The van der Waals surface area contributed by atoms with Crippen molar-refractivity contribution in [1.29, 1.82) is 0 Å². The molecule has 1 N–H and O–H groups in total. The Labute approximate surface area is 128 Å². The summed E-state index contributed by atoms with van der Waals surface area (Å²) in [5.74, 6) is -1.15. The van der Waals surface area contributed by atoms with Gasteiger partial charge in [0.2, 0.25) is 0 Å². The summed E-state index contributed by atoms with van der Waals surface area (Å²) in [4.78, 5) is 10.7. The lowest BCUT2D eigenvalue weighted by molar-refractivity contribution is 0.106. The smallest absolute Gasteiger partial charge is 0.171 e.